The molecule has 1 nitrogen and oxygen atoms in total. The first-order chi connectivity index (χ1) is 27.2. The van der Waals surface area contributed by atoms with E-state index in [4.69, 9.17) is 0 Å². The van der Waals surface area contributed by atoms with Crippen molar-refractivity contribution in [2.24, 2.45) is 0 Å². The Kier molecular flexibility index (Phi) is 7.61. The van der Waals surface area contributed by atoms with Crippen LogP contribution in [-0.2, 0) is 0 Å². The predicted molar refractivity (Wildman–Crippen MR) is 241 cm³/mol. The van der Waals surface area contributed by atoms with Gasteiger partial charge in [0.25, 0.3) is 0 Å². The van der Waals surface area contributed by atoms with E-state index >= 15 is 0 Å². The van der Waals surface area contributed by atoms with Crippen LogP contribution in [0.4, 0.5) is 17.1 Å². The van der Waals surface area contributed by atoms with Crippen molar-refractivity contribution in [2.45, 2.75) is 0 Å². The van der Waals surface area contributed by atoms with Crippen molar-refractivity contribution in [3.8, 4) is 33.4 Å². The number of thiophene rings is 2. The molecule has 0 aliphatic heterocycles. The normalized spacial score (nSPS) is 11.6. The summed E-state index contributed by atoms with van der Waals surface area (Å²) < 4.78 is 5.23. The minimum Gasteiger partial charge on any atom is -0.310 e. The lowest BCUT2D eigenvalue weighted by Crippen LogP contribution is -2.11. The number of anilines is 3. The van der Waals surface area contributed by atoms with Crippen LogP contribution in [0.5, 0.6) is 0 Å². The van der Waals surface area contributed by atoms with Crippen LogP contribution in [0.15, 0.2) is 200 Å². The smallest absolute Gasteiger partial charge is 0.0546 e. The third kappa shape index (κ3) is 5.51. The van der Waals surface area contributed by atoms with Crippen LogP contribution in [-0.4, -0.2) is 0 Å². The third-order valence-corrected chi connectivity index (χ3v) is 13.1. The summed E-state index contributed by atoms with van der Waals surface area (Å²) in [5.41, 5.74) is 10.5. The minimum absolute atomic E-state index is 1.11. The van der Waals surface area contributed by atoms with E-state index < -0.39 is 0 Å². The summed E-state index contributed by atoms with van der Waals surface area (Å²) in [6.45, 7) is 0. The second kappa shape index (κ2) is 13.1. The number of rotatable bonds is 6. The van der Waals surface area contributed by atoms with Gasteiger partial charge in [-0.05, 0) is 93.2 Å². The Hall–Kier alpha value is -6.52. The van der Waals surface area contributed by atoms with E-state index in [1.807, 2.05) is 22.7 Å². The fourth-order valence-electron chi connectivity index (χ4n) is 8.23. The van der Waals surface area contributed by atoms with Gasteiger partial charge in [0, 0.05) is 57.3 Å². The predicted octanol–water partition coefficient (Wildman–Crippen LogP) is 16.0. The van der Waals surface area contributed by atoms with Crippen LogP contribution in [0.3, 0.4) is 0 Å². The van der Waals surface area contributed by atoms with Gasteiger partial charge in [0.15, 0.2) is 0 Å². The molecule has 2 heterocycles. The zero-order valence-corrected chi connectivity index (χ0v) is 31.4. The summed E-state index contributed by atoms with van der Waals surface area (Å²) in [5.74, 6) is 0. The first-order valence-corrected chi connectivity index (χ1v) is 20.3. The highest BCUT2D eigenvalue weighted by molar-refractivity contribution is 7.26. The molecule has 0 bridgehead atoms. The van der Waals surface area contributed by atoms with Gasteiger partial charge >= 0.3 is 0 Å². The molecule has 55 heavy (non-hydrogen) atoms. The Bertz CT molecular complexity index is 3220. The Morgan fingerprint density at radius 2 is 0.891 bits per heavy atom. The summed E-state index contributed by atoms with van der Waals surface area (Å²) >= 11 is 3.73. The molecule has 11 aromatic rings. The van der Waals surface area contributed by atoms with Gasteiger partial charge in [-0.25, -0.2) is 0 Å². The topological polar surface area (TPSA) is 3.24 Å². The summed E-state index contributed by atoms with van der Waals surface area (Å²) in [6, 6.07) is 73.6. The van der Waals surface area contributed by atoms with Crippen LogP contribution in [0, 0.1) is 0 Å². The van der Waals surface area contributed by atoms with Crippen LogP contribution in [0.1, 0.15) is 0 Å². The van der Waals surface area contributed by atoms with Crippen molar-refractivity contribution in [1.82, 2.24) is 0 Å². The Morgan fingerprint density at radius 1 is 0.291 bits per heavy atom. The number of hydrogen-bond acceptors (Lipinski definition) is 3. The average Bonchev–Trinajstić information content (AvgIpc) is 3.82. The van der Waals surface area contributed by atoms with Gasteiger partial charge in [0.05, 0.1) is 5.69 Å². The maximum Gasteiger partial charge on any atom is 0.0546 e. The van der Waals surface area contributed by atoms with Gasteiger partial charge in [0.1, 0.15) is 0 Å². The van der Waals surface area contributed by atoms with Crippen molar-refractivity contribution >= 4 is 90.9 Å². The number of hydrogen-bond donors (Lipinski definition) is 0. The SMILES string of the molecule is c1ccc(-c2ccc(-c3cccc4ccccc34)cc2N(c2cccc(-c3ccc4sc5ccccc5c4c3)c2)c2ccc3c(c2)sc2ccccc23)cc1. The molecule has 0 spiro atoms. The summed E-state index contributed by atoms with van der Waals surface area (Å²) in [4.78, 5) is 2.48. The van der Waals surface area contributed by atoms with Gasteiger partial charge < -0.3 is 4.90 Å². The zero-order chi connectivity index (χ0) is 36.3. The van der Waals surface area contributed by atoms with Crippen LogP contribution >= 0.6 is 22.7 Å². The molecular weight excluding hydrogens is 703 g/mol. The molecule has 0 aliphatic rings. The van der Waals surface area contributed by atoms with Crippen molar-refractivity contribution in [3.05, 3.63) is 200 Å². The number of benzene rings is 9. The van der Waals surface area contributed by atoms with E-state index in [2.05, 4.69) is 205 Å². The van der Waals surface area contributed by atoms with Gasteiger partial charge in [-0.3, -0.25) is 0 Å². The van der Waals surface area contributed by atoms with Crippen molar-refractivity contribution < 1.29 is 0 Å². The molecule has 0 saturated carbocycles. The fourth-order valence-corrected chi connectivity index (χ4v) is 10.5. The maximum absolute atomic E-state index is 2.48. The minimum atomic E-state index is 1.11. The lowest BCUT2D eigenvalue weighted by molar-refractivity contribution is 1.29. The first kappa shape index (κ1) is 32.0. The molecule has 11 rings (SSSR count). The van der Waals surface area contributed by atoms with Crippen molar-refractivity contribution in [3.63, 3.8) is 0 Å². The van der Waals surface area contributed by atoms with Crippen LogP contribution < -0.4 is 4.90 Å². The van der Waals surface area contributed by atoms with E-state index in [0.29, 0.717) is 0 Å². The highest BCUT2D eigenvalue weighted by atomic mass is 32.1. The van der Waals surface area contributed by atoms with E-state index in [0.717, 1.165) is 17.1 Å². The molecule has 9 aromatic carbocycles. The molecular formula is C52H33NS2. The quantitative estimate of drug-likeness (QED) is 0.164. The second-order valence-electron chi connectivity index (χ2n) is 14.1. The molecule has 0 unspecified atom stereocenters. The average molecular weight is 736 g/mol. The largest absolute Gasteiger partial charge is 0.310 e. The highest BCUT2D eigenvalue weighted by Crippen LogP contribution is 2.46. The molecule has 0 saturated heterocycles. The van der Waals surface area contributed by atoms with Gasteiger partial charge in [-0.1, -0.05) is 146 Å². The van der Waals surface area contributed by atoms with Gasteiger partial charge in [0.2, 0.25) is 0 Å². The monoisotopic (exact) mass is 735 g/mol. The van der Waals surface area contributed by atoms with Crippen molar-refractivity contribution in [2.75, 3.05) is 4.90 Å². The van der Waals surface area contributed by atoms with Gasteiger partial charge in [-0.15, -0.1) is 22.7 Å². The van der Waals surface area contributed by atoms with E-state index in [1.165, 1.54) is 84.5 Å². The highest BCUT2D eigenvalue weighted by Gasteiger charge is 2.21. The first-order valence-electron chi connectivity index (χ1n) is 18.7. The van der Waals surface area contributed by atoms with E-state index in [1.54, 1.807) is 0 Å². The molecule has 0 N–H and O–H groups in total. The molecule has 3 heteroatoms. The molecule has 0 aliphatic carbocycles. The van der Waals surface area contributed by atoms with Crippen LogP contribution in [0.25, 0.3) is 84.5 Å². The Balaban J connectivity index is 1.16. The number of fused-ring (bicyclic) bond motifs is 7. The maximum atomic E-state index is 2.48. The lowest BCUT2D eigenvalue weighted by atomic mass is 9.94. The Labute approximate surface area is 327 Å². The molecule has 258 valence electrons. The van der Waals surface area contributed by atoms with E-state index in [-0.39, 0.29) is 0 Å². The zero-order valence-electron chi connectivity index (χ0n) is 29.8. The second-order valence-corrected chi connectivity index (χ2v) is 16.3. The molecule has 0 radical (unpaired) electrons. The van der Waals surface area contributed by atoms with Gasteiger partial charge in [-0.2, -0.15) is 0 Å². The molecule has 0 atom stereocenters. The standard InChI is InChI=1S/C52H33NS2/c1-2-12-35(13-3-1)43-27-24-38(42-21-11-15-34-14-4-5-18-41(34)42)32-48(43)53(40-26-28-46-44-19-6-8-22-49(44)55-52(46)33-40)39-17-10-16-36(30-39)37-25-29-51-47(31-37)45-20-7-9-23-50(45)54-51/h1-33H. The molecule has 0 fully saturated rings. The fraction of sp³-hybridized carbons (Fsp3) is 0. The summed E-state index contributed by atoms with van der Waals surface area (Å²) in [5, 5.41) is 7.72. The summed E-state index contributed by atoms with van der Waals surface area (Å²) in [6.07, 6.45) is 0. The Morgan fingerprint density at radius 3 is 1.75 bits per heavy atom. The number of nitrogens with zero attached hydrogens (tertiary/aromatic N) is 1. The lowest BCUT2D eigenvalue weighted by Gasteiger charge is -2.29. The molecule has 0 amide bonds. The van der Waals surface area contributed by atoms with Crippen molar-refractivity contribution in [1.29, 1.82) is 0 Å². The van der Waals surface area contributed by atoms with Crippen LogP contribution in [0.2, 0.25) is 0 Å². The third-order valence-electron chi connectivity index (χ3n) is 10.9. The molecule has 2 aromatic heterocycles. The summed E-state index contributed by atoms with van der Waals surface area (Å²) in [7, 11) is 0. The van der Waals surface area contributed by atoms with E-state index in [9.17, 15) is 0 Å².